The maximum absolute atomic E-state index is 12.5. The fourth-order valence-electron chi connectivity index (χ4n) is 2.16. The largest absolute Gasteiger partial charge is 0.495 e. The molecule has 5 nitrogen and oxygen atoms in total. The van der Waals surface area contributed by atoms with Gasteiger partial charge in [-0.05, 0) is 37.5 Å². The summed E-state index contributed by atoms with van der Waals surface area (Å²) in [5.41, 5.74) is 1.63. The van der Waals surface area contributed by atoms with E-state index in [-0.39, 0.29) is 11.4 Å². The first-order valence-corrected chi connectivity index (χ1v) is 9.44. The number of methoxy groups -OCH3 is 1. The van der Waals surface area contributed by atoms with Gasteiger partial charge in [-0.15, -0.1) is 11.3 Å². The Balaban J connectivity index is 1.76. The van der Waals surface area contributed by atoms with E-state index in [0.717, 1.165) is 16.3 Å². The van der Waals surface area contributed by atoms with Crippen molar-refractivity contribution >= 4 is 21.4 Å². The lowest BCUT2D eigenvalue weighted by atomic mass is 10.2. The number of sulfonamides is 1. The molecule has 0 atom stereocenters. The topological polar surface area (TPSA) is 68.3 Å². The van der Waals surface area contributed by atoms with E-state index < -0.39 is 10.0 Å². The van der Waals surface area contributed by atoms with Crippen molar-refractivity contribution < 1.29 is 13.2 Å². The summed E-state index contributed by atoms with van der Waals surface area (Å²) >= 11 is 1.61. The predicted molar refractivity (Wildman–Crippen MR) is 85.8 cm³/mol. The average Bonchev–Trinajstić information content (AvgIpc) is 3.24. The maximum Gasteiger partial charge on any atom is 0.244 e. The second kappa shape index (κ2) is 5.98. The Morgan fingerprint density at radius 1 is 1.41 bits per heavy atom. The third kappa shape index (κ3) is 3.31. The molecule has 2 aromatic rings. The van der Waals surface area contributed by atoms with Crippen molar-refractivity contribution in [1.82, 2.24) is 9.71 Å². The number of hydrogen-bond donors (Lipinski definition) is 1. The van der Waals surface area contributed by atoms with E-state index in [1.807, 2.05) is 18.4 Å². The minimum absolute atomic E-state index is 0.160. The number of hydrogen-bond acceptors (Lipinski definition) is 5. The summed E-state index contributed by atoms with van der Waals surface area (Å²) in [4.78, 5) is 4.65. The van der Waals surface area contributed by atoms with Crippen LogP contribution in [0.5, 0.6) is 5.75 Å². The van der Waals surface area contributed by atoms with Gasteiger partial charge < -0.3 is 4.74 Å². The molecule has 0 radical (unpaired) electrons. The third-order valence-corrected chi connectivity index (χ3v) is 6.03. The lowest BCUT2D eigenvalue weighted by Gasteiger charge is -2.10. The molecule has 3 rings (SSSR count). The fraction of sp³-hybridized carbons (Fsp3) is 0.400. The second-order valence-corrected chi connectivity index (χ2v) is 8.06. The summed E-state index contributed by atoms with van der Waals surface area (Å²) in [6.07, 6.45) is 2.39. The van der Waals surface area contributed by atoms with Crippen LogP contribution in [0.2, 0.25) is 0 Å². The van der Waals surface area contributed by atoms with Crippen molar-refractivity contribution in [3.63, 3.8) is 0 Å². The van der Waals surface area contributed by atoms with Crippen LogP contribution in [0.3, 0.4) is 0 Å². The number of aryl methyl sites for hydroxylation is 1. The van der Waals surface area contributed by atoms with Crippen LogP contribution in [-0.4, -0.2) is 20.5 Å². The predicted octanol–water partition coefficient (Wildman–Crippen LogP) is 2.82. The average molecular weight is 338 g/mol. The molecular weight excluding hydrogens is 320 g/mol. The Morgan fingerprint density at radius 2 is 2.18 bits per heavy atom. The van der Waals surface area contributed by atoms with Crippen molar-refractivity contribution in [2.24, 2.45) is 0 Å². The van der Waals surface area contributed by atoms with Crippen LogP contribution in [-0.2, 0) is 16.6 Å². The van der Waals surface area contributed by atoms with Gasteiger partial charge in [0.05, 0.1) is 24.4 Å². The maximum atomic E-state index is 12.5. The Morgan fingerprint density at radius 3 is 2.86 bits per heavy atom. The minimum Gasteiger partial charge on any atom is -0.495 e. The summed E-state index contributed by atoms with van der Waals surface area (Å²) in [5, 5.41) is 3.03. The van der Waals surface area contributed by atoms with E-state index >= 15 is 0 Å². The third-order valence-electron chi connectivity index (χ3n) is 3.55. The molecule has 118 valence electrons. The van der Waals surface area contributed by atoms with Crippen LogP contribution in [0.15, 0.2) is 28.5 Å². The molecule has 1 saturated carbocycles. The van der Waals surface area contributed by atoms with Crippen molar-refractivity contribution in [3.05, 3.63) is 39.8 Å². The first kappa shape index (κ1) is 15.5. The molecule has 1 N–H and O–H groups in total. The van der Waals surface area contributed by atoms with Crippen LogP contribution >= 0.6 is 11.3 Å². The normalized spacial score (nSPS) is 15.0. The number of benzene rings is 1. The van der Waals surface area contributed by atoms with E-state index in [1.54, 1.807) is 23.5 Å². The zero-order valence-electron chi connectivity index (χ0n) is 12.5. The molecule has 0 amide bonds. The standard InChI is InChI=1S/C15H18N2O3S2/c1-10-3-6-13(20-2)14(7-10)22(18,19)16-8-12-9-21-15(17-12)11-4-5-11/h3,6-7,9,11,16H,4-5,8H2,1-2H3. The Labute approximate surface area is 134 Å². The number of ether oxygens (including phenoxy) is 1. The molecule has 0 bridgehead atoms. The molecule has 1 aromatic heterocycles. The van der Waals surface area contributed by atoms with Crippen molar-refractivity contribution in [2.45, 2.75) is 37.1 Å². The molecule has 1 fully saturated rings. The molecule has 7 heteroatoms. The smallest absolute Gasteiger partial charge is 0.244 e. The van der Waals surface area contributed by atoms with Gasteiger partial charge >= 0.3 is 0 Å². The molecule has 0 unspecified atom stereocenters. The molecule has 1 heterocycles. The van der Waals surface area contributed by atoms with Crippen LogP contribution in [0, 0.1) is 6.92 Å². The van der Waals surface area contributed by atoms with Crippen LogP contribution in [0.25, 0.3) is 0 Å². The number of nitrogens with zero attached hydrogens (tertiary/aromatic N) is 1. The SMILES string of the molecule is COc1ccc(C)cc1S(=O)(=O)NCc1csc(C2CC2)n1. The first-order chi connectivity index (χ1) is 10.5. The lowest BCUT2D eigenvalue weighted by Crippen LogP contribution is -2.24. The van der Waals surface area contributed by atoms with Gasteiger partial charge in [0.1, 0.15) is 10.6 Å². The molecular formula is C15H18N2O3S2. The molecule has 0 aliphatic heterocycles. The lowest BCUT2D eigenvalue weighted by molar-refractivity contribution is 0.402. The van der Waals surface area contributed by atoms with E-state index in [4.69, 9.17) is 4.74 Å². The van der Waals surface area contributed by atoms with Crippen LogP contribution in [0.4, 0.5) is 0 Å². The van der Waals surface area contributed by atoms with Gasteiger partial charge in [-0.25, -0.2) is 18.1 Å². The Kier molecular flexibility index (Phi) is 4.20. The van der Waals surface area contributed by atoms with Gasteiger partial charge in [0.25, 0.3) is 0 Å². The summed E-state index contributed by atoms with van der Waals surface area (Å²) in [6.45, 7) is 2.05. The molecule has 1 aliphatic rings. The Hall–Kier alpha value is -1.44. The van der Waals surface area contributed by atoms with Gasteiger partial charge in [-0.3, -0.25) is 0 Å². The van der Waals surface area contributed by atoms with Gasteiger partial charge in [0.2, 0.25) is 10.0 Å². The molecule has 1 aromatic carbocycles. The highest BCUT2D eigenvalue weighted by molar-refractivity contribution is 7.89. The highest BCUT2D eigenvalue weighted by atomic mass is 32.2. The van der Waals surface area contributed by atoms with Crippen molar-refractivity contribution in [3.8, 4) is 5.75 Å². The van der Waals surface area contributed by atoms with Crippen molar-refractivity contribution in [1.29, 1.82) is 0 Å². The molecule has 1 aliphatic carbocycles. The highest BCUT2D eigenvalue weighted by Gasteiger charge is 2.27. The van der Waals surface area contributed by atoms with Crippen LogP contribution < -0.4 is 9.46 Å². The summed E-state index contributed by atoms with van der Waals surface area (Å²) in [7, 11) is -2.17. The monoisotopic (exact) mass is 338 g/mol. The Bertz CT molecular complexity index is 780. The van der Waals surface area contributed by atoms with Gasteiger partial charge in [0.15, 0.2) is 0 Å². The zero-order valence-corrected chi connectivity index (χ0v) is 14.1. The molecule has 0 saturated heterocycles. The van der Waals surface area contributed by atoms with E-state index in [0.29, 0.717) is 11.7 Å². The number of aromatic nitrogens is 1. The highest BCUT2D eigenvalue weighted by Crippen LogP contribution is 2.41. The quantitative estimate of drug-likeness (QED) is 0.879. The first-order valence-electron chi connectivity index (χ1n) is 7.08. The number of nitrogens with one attached hydrogen (secondary N) is 1. The van der Waals surface area contributed by atoms with E-state index in [9.17, 15) is 8.42 Å². The summed E-state index contributed by atoms with van der Waals surface area (Å²) < 4.78 is 32.7. The van der Waals surface area contributed by atoms with E-state index in [2.05, 4.69) is 9.71 Å². The molecule has 22 heavy (non-hydrogen) atoms. The van der Waals surface area contributed by atoms with Gasteiger partial charge in [0, 0.05) is 11.3 Å². The summed E-state index contributed by atoms with van der Waals surface area (Å²) in [6, 6.07) is 5.09. The number of thiazole rings is 1. The fourth-order valence-corrected chi connectivity index (χ4v) is 4.40. The minimum atomic E-state index is -3.63. The number of rotatable bonds is 6. The van der Waals surface area contributed by atoms with E-state index in [1.165, 1.54) is 20.0 Å². The van der Waals surface area contributed by atoms with Gasteiger partial charge in [-0.1, -0.05) is 6.07 Å². The van der Waals surface area contributed by atoms with Crippen LogP contribution in [0.1, 0.15) is 35.0 Å². The molecule has 0 spiro atoms. The van der Waals surface area contributed by atoms with Gasteiger partial charge in [-0.2, -0.15) is 0 Å². The zero-order chi connectivity index (χ0) is 15.7. The second-order valence-electron chi connectivity index (χ2n) is 5.43. The summed E-state index contributed by atoms with van der Waals surface area (Å²) in [5.74, 6) is 0.933. The van der Waals surface area contributed by atoms with Crippen molar-refractivity contribution in [2.75, 3.05) is 7.11 Å².